The van der Waals surface area contributed by atoms with E-state index in [-0.39, 0.29) is 5.91 Å². The molecule has 0 spiro atoms. The van der Waals surface area contributed by atoms with Gasteiger partial charge in [-0.1, -0.05) is 39.8 Å². The number of ether oxygens (including phenoxy) is 3. The molecule has 0 saturated carbocycles. The van der Waals surface area contributed by atoms with E-state index in [2.05, 4.69) is 45.1 Å². The monoisotopic (exact) mass is 365 g/mol. The van der Waals surface area contributed by atoms with Crippen LogP contribution in [0.5, 0.6) is 5.75 Å². The fraction of sp³-hybridized carbons (Fsp3) is 0.667. The summed E-state index contributed by atoms with van der Waals surface area (Å²) in [5.74, 6) is 1.99. The lowest BCUT2D eigenvalue weighted by Gasteiger charge is -2.10. The number of hydrogen-bond donors (Lipinski definition) is 1. The molecule has 1 aromatic rings. The van der Waals surface area contributed by atoms with Gasteiger partial charge in [0, 0.05) is 19.6 Å². The predicted molar refractivity (Wildman–Crippen MR) is 105 cm³/mol. The van der Waals surface area contributed by atoms with Crippen molar-refractivity contribution in [3.05, 3.63) is 29.8 Å². The van der Waals surface area contributed by atoms with Crippen molar-refractivity contribution in [3.63, 3.8) is 0 Å². The van der Waals surface area contributed by atoms with Crippen LogP contribution in [0.2, 0.25) is 0 Å². The van der Waals surface area contributed by atoms with Crippen molar-refractivity contribution in [2.45, 2.75) is 46.5 Å². The molecule has 0 heterocycles. The Kier molecular flexibility index (Phi) is 11.7. The standard InChI is InChI=1S/C21H35NO4/c1-17(2)9-12-24-14-11-22-21(23)10-13-25-15-16-26-20-7-5-19(6-8-20)18(3)4/h5-8,17-18H,9-16H2,1-4H3,(H,22,23). The molecule has 0 radical (unpaired) electrons. The van der Waals surface area contributed by atoms with E-state index in [1.807, 2.05) is 12.1 Å². The molecule has 148 valence electrons. The van der Waals surface area contributed by atoms with Gasteiger partial charge in [0.2, 0.25) is 5.91 Å². The number of rotatable bonds is 14. The lowest BCUT2D eigenvalue weighted by Crippen LogP contribution is -2.28. The minimum Gasteiger partial charge on any atom is -0.491 e. The zero-order valence-electron chi connectivity index (χ0n) is 16.8. The zero-order chi connectivity index (χ0) is 19.2. The lowest BCUT2D eigenvalue weighted by molar-refractivity contribution is -0.122. The van der Waals surface area contributed by atoms with Crippen molar-refractivity contribution in [2.75, 3.05) is 39.6 Å². The normalized spacial score (nSPS) is 11.2. The molecule has 0 bridgehead atoms. The van der Waals surface area contributed by atoms with Crippen LogP contribution in [0.3, 0.4) is 0 Å². The van der Waals surface area contributed by atoms with Crippen LogP contribution in [-0.2, 0) is 14.3 Å². The van der Waals surface area contributed by atoms with Crippen LogP contribution < -0.4 is 10.1 Å². The number of nitrogens with one attached hydrogen (secondary N) is 1. The quantitative estimate of drug-likeness (QED) is 0.510. The first-order chi connectivity index (χ1) is 12.5. The molecule has 0 unspecified atom stereocenters. The molecule has 1 aromatic carbocycles. The molecule has 26 heavy (non-hydrogen) atoms. The van der Waals surface area contributed by atoms with Crippen LogP contribution in [0.15, 0.2) is 24.3 Å². The van der Waals surface area contributed by atoms with Crippen LogP contribution in [0.25, 0.3) is 0 Å². The van der Waals surface area contributed by atoms with Crippen molar-refractivity contribution in [1.29, 1.82) is 0 Å². The topological polar surface area (TPSA) is 56.8 Å². The Morgan fingerprint density at radius 1 is 0.923 bits per heavy atom. The van der Waals surface area contributed by atoms with Crippen molar-refractivity contribution in [2.24, 2.45) is 5.92 Å². The van der Waals surface area contributed by atoms with E-state index < -0.39 is 0 Å². The highest BCUT2D eigenvalue weighted by atomic mass is 16.5. The molecule has 1 rings (SSSR count). The third kappa shape index (κ3) is 11.1. The summed E-state index contributed by atoms with van der Waals surface area (Å²) in [7, 11) is 0. The van der Waals surface area contributed by atoms with Crippen LogP contribution in [0.1, 0.15) is 52.0 Å². The minimum atomic E-state index is -0.0114. The highest BCUT2D eigenvalue weighted by molar-refractivity contribution is 5.75. The maximum absolute atomic E-state index is 11.6. The molecule has 0 saturated heterocycles. The highest BCUT2D eigenvalue weighted by Crippen LogP contribution is 2.18. The van der Waals surface area contributed by atoms with Crippen LogP contribution in [0.4, 0.5) is 0 Å². The van der Waals surface area contributed by atoms with Gasteiger partial charge in [-0.25, -0.2) is 0 Å². The van der Waals surface area contributed by atoms with E-state index in [0.29, 0.717) is 51.2 Å². The Hall–Kier alpha value is -1.59. The van der Waals surface area contributed by atoms with Gasteiger partial charge < -0.3 is 19.5 Å². The Balaban J connectivity index is 1.95. The van der Waals surface area contributed by atoms with Gasteiger partial charge in [-0.15, -0.1) is 0 Å². The molecule has 1 amide bonds. The number of amides is 1. The number of carbonyl (C=O) groups excluding carboxylic acids is 1. The molecule has 1 N–H and O–H groups in total. The fourth-order valence-corrected chi connectivity index (χ4v) is 2.21. The van der Waals surface area contributed by atoms with Crippen molar-refractivity contribution in [3.8, 4) is 5.75 Å². The van der Waals surface area contributed by atoms with Gasteiger partial charge >= 0.3 is 0 Å². The summed E-state index contributed by atoms with van der Waals surface area (Å²) in [5, 5.41) is 2.83. The smallest absolute Gasteiger partial charge is 0.222 e. The summed E-state index contributed by atoms with van der Waals surface area (Å²) in [6.07, 6.45) is 1.40. The second kappa shape index (κ2) is 13.6. The summed E-state index contributed by atoms with van der Waals surface area (Å²) in [6.45, 7) is 11.9. The van der Waals surface area contributed by atoms with Crippen LogP contribution in [-0.4, -0.2) is 45.5 Å². The van der Waals surface area contributed by atoms with E-state index in [9.17, 15) is 4.79 Å². The van der Waals surface area contributed by atoms with Gasteiger partial charge in [-0.3, -0.25) is 4.79 Å². The van der Waals surface area contributed by atoms with Gasteiger partial charge in [0.05, 0.1) is 19.8 Å². The number of carbonyl (C=O) groups is 1. The van der Waals surface area contributed by atoms with Crippen molar-refractivity contribution >= 4 is 5.91 Å². The van der Waals surface area contributed by atoms with Gasteiger partial charge in [0.1, 0.15) is 12.4 Å². The fourth-order valence-electron chi connectivity index (χ4n) is 2.21. The number of benzene rings is 1. The van der Waals surface area contributed by atoms with Crippen molar-refractivity contribution in [1.82, 2.24) is 5.32 Å². The Morgan fingerprint density at radius 3 is 2.27 bits per heavy atom. The molecule has 0 aromatic heterocycles. The average Bonchev–Trinajstić information content (AvgIpc) is 2.61. The van der Waals surface area contributed by atoms with E-state index in [1.165, 1.54) is 5.56 Å². The first-order valence-corrected chi connectivity index (χ1v) is 9.64. The Morgan fingerprint density at radius 2 is 1.62 bits per heavy atom. The zero-order valence-corrected chi connectivity index (χ0v) is 16.8. The molecule has 0 aliphatic rings. The molecule has 0 atom stereocenters. The molecular weight excluding hydrogens is 330 g/mol. The third-order valence-corrected chi connectivity index (χ3v) is 3.92. The molecule has 5 heteroatoms. The van der Waals surface area contributed by atoms with Gasteiger partial charge in [-0.2, -0.15) is 0 Å². The van der Waals surface area contributed by atoms with Gasteiger partial charge in [0.25, 0.3) is 0 Å². The van der Waals surface area contributed by atoms with Gasteiger partial charge in [-0.05, 0) is 36.0 Å². The van der Waals surface area contributed by atoms with E-state index in [4.69, 9.17) is 14.2 Å². The largest absolute Gasteiger partial charge is 0.491 e. The van der Waals surface area contributed by atoms with Crippen LogP contribution in [0, 0.1) is 5.92 Å². The molecular formula is C21H35NO4. The second-order valence-electron chi connectivity index (χ2n) is 7.08. The molecule has 0 aliphatic heterocycles. The first-order valence-electron chi connectivity index (χ1n) is 9.64. The minimum absolute atomic E-state index is 0.0114. The van der Waals surface area contributed by atoms with E-state index >= 15 is 0 Å². The average molecular weight is 366 g/mol. The van der Waals surface area contributed by atoms with Crippen molar-refractivity contribution < 1.29 is 19.0 Å². The lowest BCUT2D eigenvalue weighted by atomic mass is 10.0. The summed E-state index contributed by atoms with van der Waals surface area (Å²) in [4.78, 5) is 11.6. The molecule has 0 aliphatic carbocycles. The third-order valence-electron chi connectivity index (χ3n) is 3.92. The second-order valence-corrected chi connectivity index (χ2v) is 7.08. The molecule has 0 fully saturated rings. The maximum Gasteiger partial charge on any atom is 0.222 e. The first kappa shape index (κ1) is 22.5. The molecule has 5 nitrogen and oxygen atoms in total. The Bertz CT molecular complexity index is 485. The number of hydrogen-bond acceptors (Lipinski definition) is 4. The Labute approximate surface area is 158 Å². The van der Waals surface area contributed by atoms with Crippen LogP contribution >= 0.6 is 0 Å². The SMILES string of the molecule is CC(C)CCOCCNC(=O)CCOCCOc1ccc(C(C)C)cc1. The van der Waals surface area contributed by atoms with E-state index in [0.717, 1.165) is 18.8 Å². The van der Waals surface area contributed by atoms with E-state index in [1.54, 1.807) is 0 Å². The summed E-state index contributed by atoms with van der Waals surface area (Å²) < 4.78 is 16.5. The highest BCUT2D eigenvalue weighted by Gasteiger charge is 2.02. The summed E-state index contributed by atoms with van der Waals surface area (Å²) >= 11 is 0. The predicted octanol–water partition coefficient (Wildman–Crippen LogP) is 3.77. The summed E-state index contributed by atoms with van der Waals surface area (Å²) in [6, 6.07) is 8.12. The van der Waals surface area contributed by atoms with Gasteiger partial charge in [0.15, 0.2) is 0 Å². The maximum atomic E-state index is 11.6. The summed E-state index contributed by atoms with van der Waals surface area (Å²) in [5.41, 5.74) is 1.30.